The molecule has 13 heavy (non-hydrogen) atoms. The van der Waals surface area contributed by atoms with E-state index < -0.39 is 5.82 Å². The van der Waals surface area contributed by atoms with Gasteiger partial charge in [0.15, 0.2) is 17.9 Å². The molecule has 0 aliphatic heterocycles. The lowest BCUT2D eigenvalue weighted by Gasteiger charge is -2.00. The number of rotatable bonds is 1. The van der Waals surface area contributed by atoms with Crippen LogP contribution in [-0.4, -0.2) is 13.4 Å². The monoisotopic (exact) mass is 178 g/mol. The van der Waals surface area contributed by atoms with Crippen LogP contribution in [0.2, 0.25) is 0 Å². The van der Waals surface area contributed by atoms with E-state index in [4.69, 9.17) is 4.74 Å². The van der Waals surface area contributed by atoms with Crippen molar-refractivity contribution in [2.24, 2.45) is 0 Å². The third-order valence-corrected chi connectivity index (χ3v) is 1.43. The maximum Gasteiger partial charge on any atom is 0.193 e. The molecule has 2 nitrogen and oxygen atoms in total. The summed E-state index contributed by atoms with van der Waals surface area (Å²) in [6, 6.07) is 4.26. The molecule has 1 rings (SSSR count). The highest BCUT2D eigenvalue weighted by molar-refractivity contribution is 5.73. The summed E-state index contributed by atoms with van der Waals surface area (Å²) in [6.07, 6.45) is 0.460. The van der Waals surface area contributed by atoms with Gasteiger partial charge in [0.1, 0.15) is 0 Å². The molecule has 1 aromatic rings. The zero-order valence-corrected chi connectivity index (χ0v) is 7.00. The third kappa shape index (κ3) is 2.31. The maximum absolute atomic E-state index is 13.0. The summed E-state index contributed by atoms with van der Waals surface area (Å²) < 4.78 is 17.7. The Balaban J connectivity index is 3.02. The Morgan fingerprint density at radius 3 is 2.85 bits per heavy atom. The van der Waals surface area contributed by atoms with Crippen molar-refractivity contribution in [3.8, 4) is 17.6 Å². The summed E-state index contributed by atoms with van der Waals surface area (Å²) in [4.78, 5) is 9.89. The zero-order valence-electron chi connectivity index (χ0n) is 7.00. The number of hydrogen-bond acceptors (Lipinski definition) is 2. The first-order valence-electron chi connectivity index (χ1n) is 3.56. The Bertz CT molecular complexity index is 374. The smallest absolute Gasteiger partial charge is 0.193 e. The standard InChI is InChI=1S/C10H7FO2/c1-13-10-5-4-8(3-2-6-12)7-9(10)11/h4-7H,1H3. The molecule has 0 atom stereocenters. The summed E-state index contributed by atoms with van der Waals surface area (Å²) >= 11 is 0. The Kier molecular flexibility index (Phi) is 3.04. The van der Waals surface area contributed by atoms with Crippen molar-refractivity contribution in [1.29, 1.82) is 0 Å². The third-order valence-electron chi connectivity index (χ3n) is 1.43. The van der Waals surface area contributed by atoms with Crippen LogP contribution in [0.5, 0.6) is 5.75 Å². The Morgan fingerprint density at radius 1 is 1.54 bits per heavy atom. The van der Waals surface area contributed by atoms with Gasteiger partial charge in [-0.15, -0.1) is 0 Å². The number of aldehydes is 1. The lowest BCUT2D eigenvalue weighted by molar-refractivity contribution is -0.103. The Hall–Kier alpha value is -1.82. The lowest BCUT2D eigenvalue weighted by Crippen LogP contribution is -1.88. The second-order valence-corrected chi connectivity index (χ2v) is 2.24. The summed E-state index contributed by atoms with van der Waals surface area (Å²) in [5.74, 6) is 4.34. The van der Waals surface area contributed by atoms with Crippen molar-refractivity contribution in [3.05, 3.63) is 29.6 Å². The van der Waals surface area contributed by atoms with Crippen LogP contribution in [0, 0.1) is 17.7 Å². The lowest BCUT2D eigenvalue weighted by atomic mass is 10.2. The normalized spacial score (nSPS) is 8.46. The number of ether oxygens (including phenoxy) is 1. The van der Waals surface area contributed by atoms with E-state index in [-0.39, 0.29) is 5.75 Å². The predicted molar refractivity (Wildman–Crippen MR) is 45.9 cm³/mol. The molecule has 0 unspecified atom stereocenters. The van der Waals surface area contributed by atoms with Crippen LogP contribution in [0.15, 0.2) is 18.2 Å². The fourth-order valence-electron chi connectivity index (χ4n) is 0.857. The van der Waals surface area contributed by atoms with Gasteiger partial charge in [0.2, 0.25) is 0 Å². The molecular weight excluding hydrogens is 171 g/mol. The van der Waals surface area contributed by atoms with Gasteiger partial charge in [0, 0.05) is 5.56 Å². The Morgan fingerprint density at radius 2 is 2.31 bits per heavy atom. The first-order valence-corrected chi connectivity index (χ1v) is 3.56. The van der Waals surface area contributed by atoms with E-state index in [1.165, 1.54) is 19.2 Å². The van der Waals surface area contributed by atoms with Crippen LogP contribution in [0.25, 0.3) is 0 Å². The van der Waals surface area contributed by atoms with Gasteiger partial charge < -0.3 is 4.74 Å². The van der Waals surface area contributed by atoms with E-state index in [2.05, 4.69) is 11.8 Å². The highest BCUT2D eigenvalue weighted by Gasteiger charge is 2.00. The van der Waals surface area contributed by atoms with Crippen LogP contribution in [0.1, 0.15) is 5.56 Å². The maximum atomic E-state index is 13.0. The number of hydrogen-bond donors (Lipinski definition) is 0. The van der Waals surface area contributed by atoms with Gasteiger partial charge in [0.05, 0.1) is 7.11 Å². The molecule has 0 aliphatic carbocycles. The predicted octanol–water partition coefficient (Wildman–Crippen LogP) is 1.38. The van der Waals surface area contributed by atoms with Gasteiger partial charge in [-0.1, -0.05) is 5.92 Å². The van der Waals surface area contributed by atoms with Gasteiger partial charge in [-0.3, -0.25) is 4.79 Å². The topological polar surface area (TPSA) is 26.3 Å². The van der Waals surface area contributed by atoms with Crippen LogP contribution in [-0.2, 0) is 4.79 Å². The molecule has 0 N–H and O–H groups in total. The summed E-state index contributed by atoms with van der Waals surface area (Å²) in [7, 11) is 1.38. The van der Waals surface area contributed by atoms with Gasteiger partial charge >= 0.3 is 0 Å². The average molecular weight is 178 g/mol. The minimum absolute atomic E-state index is 0.164. The second-order valence-electron chi connectivity index (χ2n) is 2.24. The van der Waals surface area contributed by atoms with E-state index in [9.17, 15) is 9.18 Å². The number of methoxy groups -OCH3 is 1. The molecule has 0 amide bonds. The fourth-order valence-corrected chi connectivity index (χ4v) is 0.857. The minimum atomic E-state index is -0.486. The quantitative estimate of drug-likeness (QED) is 0.479. The summed E-state index contributed by atoms with van der Waals surface area (Å²) in [5.41, 5.74) is 0.449. The van der Waals surface area contributed by atoms with Crippen LogP contribution in [0.4, 0.5) is 4.39 Å². The largest absolute Gasteiger partial charge is 0.494 e. The number of benzene rings is 1. The van der Waals surface area contributed by atoms with Crippen molar-refractivity contribution < 1.29 is 13.9 Å². The fraction of sp³-hybridized carbons (Fsp3) is 0.100. The van der Waals surface area contributed by atoms with E-state index in [0.717, 1.165) is 0 Å². The van der Waals surface area contributed by atoms with Crippen molar-refractivity contribution in [3.63, 3.8) is 0 Å². The van der Waals surface area contributed by atoms with Crippen LogP contribution in [0.3, 0.4) is 0 Å². The Labute approximate surface area is 75.3 Å². The average Bonchev–Trinajstić information content (AvgIpc) is 2.15. The number of carbonyl (C=O) groups excluding carboxylic acids is 1. The molecule has 0 radical (unpaired) electrons. The van der Waals surface area contributed by atoms with Gasteiger partial charge in [-0.25, -0.2) is 4.39 Å². The van der Waals surface area contributed by atoms with E-state index >= 15 is 0 Å². The minimum Gasteiger partial charge on any atom is -0.494 e. The number of halogens is 1. The van der Waals surface area contributed by atoms with Crippen LogP contribution >= 0.6 is 0 Å². The van der Waals surface area contributed by atoms with Crippen LogP contribution < -0.4 is 4.74 Å². The molecule has 0 fully saturated rings. The van der Waals surface area contributed by atoms with E-state index in [1.807, 2.05) is 0 Å². The summed E-state index contributed by atoms with van der Waals surface area (Å²) in [5, 5.41) is 0. The van der Waals surface area contributed by atoms with Crippen molar-refractivity contribution in [2.75, 3.05) is 7.11 Å². The second kappa shape index (κ2) is 4.27. The molecule has 0 aliphatic rings. The van der Waals surface area contributed by atoms with E-state index in [1.54, 1.807) is 6.07 Å². The highest BCUT2D eigenvalue weighted by atomic mass is 19.1. The molecular formula is C10H7FO2. The zero-order chi connectivity index (χ0) is 9.68. The van der Waals surface area contributed by atoms with Crippen molar-refractivity contribution in [2.45, 2.75) is 0 Å². The molecule has 3 heteroatoms. The first kappa shape index (κ1) is 9.27. The molecule has 0 heterocycles. The molecule has 0 saturated carbocycles. The van der Waals surface area contributed by atoms with E-state index in [0.29, 0.717) is 11.8 Å². The summed E-state index contributed by atoms with van der Waals surface area (Å²) in [6.45, 7) is 0. The molecule has 0 aromatic heterocycles. The SMILES string of the molecule is COc1ccc(C#CC=O)cc1F. The van der Waals surface area contributed by atoms with Gasteiger partial charge in [0.25, 0.3) is 0 Å². The number of carbonyl (C=O) groups is 1. The molecule has 0 spiro atoms. The molecule has 0 saturated heterocycles. The van der Waals surface area contributed by atoms with Gasteiger partial charge in [-0.05, 0) is 24.1 Å². The van der Waals surface area contributed by atoms with Crippen molar-refractivity contribution in [1.82, 2.24) is 0 Å². The molecule has 0 bridgehead atoms. The molecule has 1 aromatic carbocycles. The first-order chi connectivity index (χ1) is 6.27. The molecule has 66 valence electrons. The van der Waals surface area contributed by atoms with Crippen molar-refractivity contribution >= 4 is 6.29 Å². The highest BCUT2D eigenvalue weighted by Crippen LogP contribution is 2.16. The van der Waals surface area contributed by atoms with Gasteiger partial charge in [-0.2, -0.15) is 0 Å².